The van der Waals surface area contributed by atoms with Gasteiger partial charge in [0, 0.05) is 11.6 Å². The lowest BCUT2D eigenvalue weighted by Crippen LogP contribution is -2.33. The Morgan fingerprint density at radius 2 is 2.17 bits per heavy atom. The van der Waals surface area contributed by atoms with Crippen molar-refractivity contribution in [2.24, 2.45) is 0 Å². The minimum Gasteiger partial charge on any atom is -0.496 e. The van der Waals surface area contributed by atoms with E-state index >= 15 is 0 Å². The van der Waals surface area contributed by atoms with E-state index in [1.807, 2.05) is 0 Å². The molecular weight excluding hydrogens is 233 g/mol. The van der Waals surface area contributed by atoms with E-state index in [2.05, 4.69) is 5.32 Å². The number of hydrogen-bond donors (Lipinski definition) is 1. The number of carbonyl (C=O) groups is 1. The molecule has 2 rings (SSSR count). The lowest BCUT2D eigenvalue weighted by molar-refractivity contribution is -0.121. The molecule has 1 aliphatic carbocycles. The standard InChI is InChI=1S/C14H18FNO2/c1-18-13-7-6-11(15)8-10(13)9-14(17)16-12-4-2-3-5-12/h6-8,12H,2-5,9H2,1H3,(H,16,17). The van der Waals surface area contributed by atoms with Crippen molar-refractivity contribution in [3.05, 3.63) is 29.6 Å². The lowest BCUT2D eigenvalue weighted by atomic mass is 10.1. The fraction of sp³-hybridized carbons (Fsp3) is 0.500. The van der Waals surface area contributed by atoms with Crippen molar-refractivity contribution in [1.82, 2.24) is 5.32 Å². The molecule has 4 heteroatoms. The maximum Gasteiger partial charge on any atom is 0.224 e. The van der Waals surface area contributed by atoms with Crippen LogP contribution in [-0.4, -0.2) is 19.1 Å². The van der Waals surface area contributed by atoms with Crippen molar-refractivity contribution in [2.45, 2.75) is 38.1 Å². The third kappa shape index (κ3) is 3.22. The molecule has 3 nitrogen and oxygen atoms in total. The maximum atomic E-state index is 13.2. The molecule has 1 N–H and O–H groups in total. The third-order valence-electron chi connectivity index (χ3n) is 3.31. The smallest absolute Gasteiger partial charge is 0.224 e. The van der Waals surface area contributed by atoms with E-state index in [4.69, 9.17) is 4.74 Å². The Balaban J connectivity index is 1.99. The monoisotopic (exact) mass is 251 g/mol. The van der Waals surface area contributed by atoms with E-state index < -0.39 is 0 Å². The zero-order chi connectivity index (χ0) is 13.0. The van der Waals surface area contributed by atoms with Gasteiger partial charge < -0.3 is 10.1 Å². The van der Waals surface area contributed by atoms with Crippen molar-refractivity contribution in [2.75, 3.05) is 7.11 Å². The molecule has 1 aliphatic rings. The Morgan fingerprint density at radius 1 is 1.44 bits per heavy atom. The average molecular weight is 251 g/mol. The maximum absolute atomic E-state index is 13.2. The Labute approximate surface area is 106 Å². The van der Waals surface area contributed by atoms with Crippen LogP contribution in [0.15, 0.2) is 18.2 Å². The van der Waals surface area contributed by atoms with Gasteiger partial charge in [0.15, 0.2) is 0 Å². The molecule has 1 saturated carbocycles. The van der Waals surface area contributed by atoms with Gasteiger partial charge in [-0.3, -0.25) is 4.79 Å². The van der Waals surface area contributed by atoms with E-state index in [1.165, 1.54) is 32.1 Å². The second-order valence-electron chi connectivity index (χ2n) is 4.68. The third-order valence-corrected chi connectivity index (χ3v) is 3.31. The van der Waals surface area contributed by atoms with Gasteiger partial charge in [-0.2, -0.15) is 0 Å². The number of methoxy groups -OCH3 is 1. The lowest BCUT2D eigenvalue weighted by Gasteiger charge is -2.13. The van der Waals surface area contributed by atoms with Crippen molar-refractivity contribution >= 4 is 5.91 Å². The SMILES string of the molecule is COc1ccc(F)cc1CC(=O)NC1CCCC1. The van der Waals surface area contributed by atoms with Crippen LogP contribution < -0.4 is 10.1 Å². The van der Waals surface area contributed by atoms with Gasteiger partial charge in [-0.25, -0.2) is 4.39 Å². The Morgan fingerprint density at radius 3 is 2.83 bits per heavy atom. The minimum absolute atomic E-state index is 0.0641. The number of benzene rings is 1. The minimum atomic E-state index is -0.348. The Hall–Kier alpha value is -1.58. The first-order chi connectivity index (χ1) is 8.69. The van der Waals surface area contributed by atoms with Crippen LogP contribution in [0.2, 0.25) is 0 Å². The summed E-state index contributed by atoms with van der Waals surface area (Å²) in [7, 11) is 1.52. The normalized spacial score (nSPS) is 15.7. The molecule has 1 aromatic rings. The summed E-state index contributed by atoms with van der Waals surface area (Å²) in [5.41, 5.74) is 0.591. The summed E-state index contributed by atoms with van der Waals surface area (Å²) in [5, 5.41) is 2.98. The zero-order valence-electron chi connectivity index (χ0n) is 10.5. The van der Waals surface area contributed by atoms with Gasteiger partial charge in [-0.05, 0) is 31.0 Å². The van der Waals surface area contributed by atoms with Crippen LogP contribution in [0.1, 0.15) is 31.2 Å². The number of carbonyl (C=O) groups excluding carboxylic acids is 1. The van der Waals surface area contributed by atoms with Gasteiger partial charge >= 0.3 is 0 Å². The number of hydrogen-bond acceptors (Lipinski definition) is 2. The second-order valence-corrected chi connectivity index (χ2v) is 4.68. The first-order valence-electron chi connectivity index (χ1n) is 6.31. The van der Waals surface area contributed by atoms with Crippen LogP contribution in [0.5, 0.6) is 5.75 Å². The van der Waals surface area contributed by atoms with E-state index in [1.54, 1.807) is 6.07 Å². The summed E-state index contributed by atoms with van der Waals surface area (Å²) in [6.07, 6.45) is 4.61. The summed E-state index contributed by atoms with van der Waals surface area (Å²) in [6.45, 7) is 0. The van der Waals surface area contributed by atoms with Gasteiger partial charge in [0.2, 0.25) is 5.91 Å². The molecule has 98 valence electrons. The fourth-order valence-electron chi connectivity index (χ4n) is 2.41. The molecule has 0 aliphatic heterocycles. The number of rotatable bonds is 4. The highest BCUT2D eigenvalue weighted by molar-refractivity contribution is 5.79. The molecule has 1 fully saturated rings. The van der Waals surface area contributed by atoms with Crippen molar-refractivity contribution in [1.29, 1.82) is 0 Å². The van der Waals surface area contributed by atoms with Crippen LogP contribution in [0.4, 0.5) is 4.39 Å². The number of nitrogens with one attached hydrogen (secondary N) is 1. The number of ether oxygens (including phenoxy) is 1. The zero-order valence-corrected chi connectivity index (χ0v) is 10.5. The summed E-state index contributed by atoms with van der Waals surface area (Å²) in [4.78, 5) is 11.9. The molecule has 0 aromatic heterocycles. The molecule has 0 unspecified atom stereocenters. The molecule has 0 bridgehead atoms. The van der Waals surface area contributed by atoms with Crippen LogP contribution in [0.3, 0.4) is 0 Å². The van der Waals surface area contributed by atoms with Crippen molar-refractivity contribution < 1.29 is 13.9 Å². The summed E-state index contributed by atoms with van der Waals surface area (Å²) in [5.74, 6) is 0.142. The second kappa shape index (κ2) is 5.85. The highest BCUT2D eigenvalue weighted by Crippen LogP contribution is 2.21. The fourth-order valence-corrected chi connectivity index (χ4v) is 2.41. The van der Waals surface area contributed by atoms with Crippen LogP contribution in [-0.2, 0) is 11.2 Å². The van der Waals surface area contributed by atoms with E-state index in [0.29, 0.717) is 11.3 Å². The molecule has 0 radical (unpaired) electrons. The van der Waals surface area contributed by atoms with Gasteiger partial charge in [0.05, 0.1) is 13.5 Å². The molecule has 18 heavy (non-hydrogen) atoms. The molecule has 1 aromatic carbocycles. The summed E-state index contributed by atoms with van der Waals surface area (Å²) in [6, 6.07) is 4.52. The highest BCUT2D eigenvalue weighted by atomic mass is 19.1. The van der Waals surface area contributed by atoms with E-state index in [9.17, 15) is 9.18 Å². The predicted octanol–water partition coefficient (Wildman–Crippen LogP) is 2.44. The van der Waals surface area contributed by atoms with Crippen molar-refractivity contribution in [3.8, 4) is 5.75 Å². The van der Waals surface area contributed by atoms with Crippen LogP contribution in [0, 0.1) is 5.82 Å². The average Bonchev–Trinajstić information content (AvgIpc) is 2.82. The van der Waals surface area contributed by atoms with Crippen LogP contribution in [0.25, 0.3) is 0 Å². The van der Waals surface area contributed by atoms with Gasteiger partial charge in [-0.15, -0.1) is 0 Å². The molecule has 0 atom stereocenters. The molecule has 1 amide bonds. The molecular formula is C14H18FNO2. The van der Waals surface area contributed by atoms with Gasteiger partial charge in [-0.1, -0.05) is 12.8 Å². The molecule has 0 spiro atoms. The van der Waals surface area contributed by atoms with E-state index in [-0.39, 0.29) is 24.2 Å². The first-order valence-corrected chi connectivity index (χ1v) is 6.31. The topological polar surface area (TPSA) is 38.3 Å². The van der Waals surface area contributed by atoms with E-state index in [0.717, 1.165) is 12.8 Å². The highest BCUT2D eigenvalue weighted by Gasteiger charge is 2.18. The van der Waals surface area contributed by atoms with Crippen molar-refractivity contribution in [3.63, 3.8) is 0 Å². The number of halogens is 1. The van der Waals surface area contributed by atoms with Gasteiger partial charge in [0.1, 0.15) is 11.6 Å². The first kappa shape index (κ1) is 12.9. The Kier molecular flexibility index (Phi) is 4.18. The number of amides is 1. The summed E-state index contributed by atoms with van der Waals surface area (Å²) >= 11 is 0. The largest absolute Gasteiger partial charge is 0.496 e. The predicted molar refractivity (Wildman–Crippen MR) is 67.1 cm³/mol. The Bertz CT molecular complexity index is 428. The summed E-state index contributed by atoms with van der Waals surface area (Å²) < 4.78 is 18.3. The van der Waals surface area contributed by atoms with Crippen LogP contribution >= 0.6 is 0 Å². The molecule has 0 saturated heterocycles. The molecule has 0 heterocycles. The quantitative estimate of drug-likeness (QED) is 0.892. The van der Waals surface area contributed by atoms with Gasteiger partial charge in [0.25, 0.3) is 0 Å².